The van der Waals surface area contributed by atoms with Gasteiger partial charge in [0.2, 0.25) is 0 Å². The van der Waals surface area contributed by atoms with Crippen molar-refractivity contribution in [3.05, 3.63) is 0 Å². The Morgan fingerprint density at radius 1 is 1.43 bits per heavy atom. The van der Waals surface area contributed by atoms with Crippen LogP contribution < -0.4 is 0 Å². The predicted molar refractivity (Wildman–Crippen MR) is 79.7 cm³/mol. The van der Waals surface area contributed by atoms with E-state index in [1.54, 1.807) is 7.11 Å². The molecule has 0 aromatic rings. The molecule has 124 valence electrons. The SMILES string of the molecule is CCC1C[C@@](C)(C[C@@H](CC)[C@H](O)CC(=O)OC)OC1OC. The first-order valence-corrected chi connectivity index (χ1v) is 7.84. The molecule has 21 heavy (non-hydrogen) atoms. The molecule has 5 atom stereocenters. The van der Waals surface area contributed by atoms with Gasteiger partial charge < -0.3 is 19.3 Å². The van der Waals surface area contributed by atoms with E-state index in [-0.39, 0.29) is 30.2 Å². The number of carbonyl (C=O) groups is 1. The fraction of sp³-hybridized carbons (Fsp3) is 0.938. The summed E-state index contributed by atoms with van der Waals surface area (Å²) in [6.45, 7) is 6.23. The topological polar surface area (TPSA) is 65.0 Å². The van der Waals surface area contributed by atoms with Gasteiger partial charge in [0, 0.05) is 13.0 Å². The van der Waals surface area contributed by atoms with Gasteiger partial charge in [-0.05, 0) is 32.1 Å². The van der Waals surface area contributed by atoms with Gasteiger partial charge in [-0.3, -0.25) is 4.79 Å². The van der Waals surface area contributed by atoms with Gasteiger partial charge in [0.05, 0.1) is 25.2 Å². The molecule has 0 bridgehead atoms. The second-order valence-electron chi connectivity index (χ2n) is 6.26. The largest absolute Gasteiger partial charge is 0.469 e. The molecule has 5 nitrogen and oxygen atoms in total. The summed E-state index contributed by atoms with van der Waals surface area (Å²) in [6.07, 6.45) is 2.62. The normalized spacial score (nSPS) is 31.9. The van der Waals surface area contributed by atoms with Crippen molar-refractivity contribution in [2.24, 2.45) is 11.8 Å². The Balaban J connectivity index is 2.65. The predicted octanol–water partition coefficient (Wildman–Crippen LogP) is 2.50. The number of carbonyl (C=O) groups excluding carboxylic acids is 1. The molecule has 1 aliphatic heterocycles. The second-order valence-corrected chi connectivity index (χ2v) is 6.26. The lowest BCUT2D eigenvalue weighted by Gasteiger charge is -2.31. The molecule has 0 aromatic heterocycles. The summed E-state index contributed by atoms with van der Waals surface area (Å²) >= 11 is 0. The van der Waals surface area contributed by atoms with Crippen molar-refractivity contribution in [2.45, 2.75) is 70.9 Å². The molecule has 0 aliphatic carbocycles. The van der Waals surface area contributed by atoms with E-state index in [2.05, 4.69) is 18.6 Å². The van der Waals surface area contributed by atoms with E-state index in [1.165, 1.54) is 7.11 Å². The number of ether oxygens (including phenoxy) is 3. The number of esters is 1. The van der Waals surface area contributed by atoms with Crippen LogP contribution in [-0.4, -0.2) is 43.3 Å². The highest BCUT2D eigenvalue weighted by Gasteiger charge is 2.44. The van der Waals surface area contributed by atoms with Crippen molar-refractivity contribution in [3.63, 3.8) is 0 Å². The molecular formula is C16H30O5. The molecule has 0 radical (unpaired) electrons. The summed E-state index contributed by atoms with van der Waals surface area (Å²) in [6, 6.07) is 0. The van der Waals surface area contributed by atoms with Crippen molar-refractivity contribution in [1.82, 2.24) is 0 Å². The van der Waals surface area contributed by atoms with Crippen LogP contribution in [0.1, 0.15) is 52.9 Å². The van der Waals surface area contributed by atoms with Crippen molar-refractivity contribution in [2.75, 3.05) is 14.2 Å². The molecule has 0 spiro atoms. The molecule has 0 saturated carbocycles. The summed E-state index contributed by atoms with van der Waals surface area (Å²) in [7, 11) is 3.01. The third kappa shape index (κ3) is 4.94. The van der Waals surface area contributed by atoms with E-state index in [0.29, 0.717) is 5.92 Å². The van der Waals surface area contributed by atoms with Crippen LogP contribution in [0.25, 0.3) is 0 Å². The quantitative estimate of drug-likeness (QED) is 0.698. The van der Waals surface area contributed by atoms with Gasteiger partial charge in [0.15, 0.2) is 6.29 Å². The lowest BCUT2D eigenvalue weighted by Crippen LogP contribution is -2.34. The molecule has 1 N–H and O–H groups in total. The molecule has 0 aromatic carbocycles. The highest BCUT2D eigenvalue weighted by atomic mass is 16.7. The Bertz CT molecular complexity index is 319. The molecular weight excluding hydrogens is 272 g/mol. The Labute approximate surface area is 128 Å². The first-order chi connectivity index (χ1) is 9.88. The minimum absolute atomic E-state index is 0.0159. The average molecular weight is 302 g/mol. The van der Waals surface area contributed by atoms with E-state index in [4.69, 9.17) is 9.47 Å². The summed E-state index contributed by atoms with van der Waals surface area (Å²) < 4.78 is 16.1. The van der Waals surface area contributed by atoms with Gasteiger partial charge in [-0.1, -0.05) is 20.3 Å². The van der Waals surface area contributed by atoms with E-state index in [1.807, 2.05) is 6.92 Å². The van der Waals surface area contributed by atoms with Crippen LogP contribution in [0.4, 0.5) is 0 Å². The highest BCUT2D eigenvalue weighted by molar-refractivity contribution is 5.69. The molecule has 1 heterocycles. The summed E-state index contributed by atoms with van der Waals surface area (Å²) in [5.74, 6) is 0.0251. The third-order valence-electron chi connectivity index (χ3n) is 4.60. The maximum absolute atomic E-state index is 11.3. The number of rotatable bonds is 8. The van der Waals surface area contributed by atoms with E-state index < -0.39 is 6.10 Å². The lowest BCUT2D eigenvalue weighted by molar-refractivity contribution is -0.169. The minimum Gasteiger partial charge on any atom is -0.469 e. The van der Waals surface area contributed by atoms with Crippen LogP contribution in [0.5, 0.6) is 0 Å². The van der Waals surface area contributed by atoms with Crippen molar-refractivity contribution in [3.8, 4) is 0 Å². The maximum Gasteiger partial charge on any atom is 0.308 e. The van der Waals surface area contributed by atoms with Crippen LogP contribution >= 0.6 is 0 Å². The molecule has 0 amide bonds. The smallest absolute Gasteiger partial charge is 0.308 e. The number of hydrogen-bond donors (Lipinski definition) is 1. The van der Waals surface area contributed by atoms with E-state index >= 15 is 0 Å². The fourth-order valence-electron chi connectivity index (χ4n) is 3.31. The van der Waals surface area contributed by atoms with Gasteiger partial charge in [0.1, 0.15) is 0 Å². The van der Waals surface area contributed by atoms with Gasteiger partial charge >= 0.3 is 5.97 Å². The Hall–Kier alpha value is -0.650. The van der Waals surface area contributed by atoms with E-state index in [9.17, 15) is 9.90 Å². The Morgan fingerprint density at radius 3 is 2.52 bits per heavy atom. The first kappa shape index (κ1) is 18.4. The minimum atomic E-state index is -0.690. The number of aliphatic hydroxyl groups is 1. The maximum atomic E-state index is 11.3. The zero-order chi connectivity index (χ0) is 16.0. The van der Waals surface area contributed by atoms with E-state index in [0.717, 1.165) is 25.7 Å². The summed E-state index contributed by atoms with van der Waals surface area (Å²) in [5.41, 5.74) is -0.306. The number of methoxy groups -OCH3 is 2. The van der Waals surface area contributed by atoms with Crippen molar-refractivity contribution < 1.29 is 24.1 Å². The third-order valence-corrected chi connectivity index (χ3v) is 4.60. The standard InChI is InChI=1S/C16H30O5/c1-6-11(13(17)8-14(18)19-4)9-16(3)10-12(7-2)15(20-5)21-16/h11-13,15,17H,6-10H2,1-5H3/t11-,12?,13-,15?,16-/m1/s1. The number of hydrogen-bond acceptors (Lipinski definition) is 5. The molecule has 1 fully saturated rings. The van der Waals surface area contributed by atoms with Gasteiger partial charge in [-0.15, -0.1) is 0 Å². The van der Waals surface area contributed by atoms with Crippen LogP contribution in [0.2, 0.25) is 0 Å². The van der Waals surface area contributed by atoms with Gasteiger partial charge in [-0.2, -0.15) is 0 Å². The molecule has 2 unspecified atom stereocenters. The highest BCUT2D eigenvalue weighted by Crippen LogP contribution is 2.42. The second kappa shape index (κ2) is 8.11. The van der Waals surface area contributed by atoms with Crippen molar-refractivity contribution >= 4 is 5.97 Å². The van der Waals surface area contributed by atoms with Crippen LogP contribution in [-0.2, 0) is 19.0 Å². The zero-order valence-electron chi connectivity index (χ0n) is 13.9. The summed E-state index contributed by atoms with van der Waals surface area (Å²) in [4.78, 5) is 11.3. The molecule has 5 heteroatoms. The molecule has 1 rings (SSSR count). The lowest BCUT2D eigenvalue weighted by atomic mass is 9.82. The Kier molecular flexibility index (Phi) is 7.10. The molecule has 1 saturated heterocycles. The van der Waals surface area contributed by atoms with Crippen molar-refractivity contribution in [1.29, 1.82) is 0 Å². The van der Waals surface area contributed by atoms with Gasteiger partial charge in [-0.25, -0.2) is 0 Å². The average Bonchev–Trinajstić information content (AvgIpc) is 2.81. The zero-order valence-corrected chi connectivity index (χ0v) is 13.9. The number of aliphatic hydroxyl groups excluding tert-OH is 1. The van der Waals surface area contributed by atoms with Crippen LogP contribution in [0.15, 0.2) is 0 Å². The Morgan fingerprint density at radius 2 is 2.10 bits per heavy atom. The van der Waals surface area contributed by atoms with Crippen LogP contribution in [0, 0.1) is 11.8 Å². The summed E-state index contributed by atoms with van der Waals surface area (Å²) in [5, 5.41) is 10.2. The fourth-order valence-corrected chi connectivity index (χ4v) is 3.31. The molecule has 1 aliphatic rings. The monoisotopic (exact) mass is 302 g/mol. The first-order valence-electron chi connectivity index (χ1n) is 7.84. The van der Waals surface area contributed by atoms with Gasteiger partial charge in [0.25, 0.3) is 0 Å². The van der Waals surface area contributed by atoms with Crippen LogP contribution in [0.3, 0.4) is 0 Å².